The number of Topliss-reactive ketones (excluding diaryl/α,β-unsaturated/α-hetero) is 1. The number of ketones is 1. The van der Waals surface area contributed by atoms with E-state index in [2.05, 4.69) is 0 Å². The van der Waals surface area contributed by atoms with Gasteiger partial charge in [0, 0.05) is 11.5 Å². The van der Waals surface area contributed by atoms with E-state index in [0.717, 1.165) is 0 Å². The first kappa shape index (κ1) is 11.3. The van der Waals surface area contributed by atoms with Gasteiger partial charge in [-0.15, -0.1) is 0 Å². The van der Waals surface area contributed by atoms with Crippen LogP contribution in [0, 0.1) is 17.2 Å². The molecule has 0 atom stereocenters. The van der Waals surface area contributed by atoms with Crippen molar-refractivity contribution in [2.24, 2.45) is 5.92 Å². The maximum atomic E-state index is 11.6. The number of hydrogen-bond donors (Lipinski definition) is 0. The Balaban J connectivity index is 2.73. The fraction of sp³-hybridized carbons (Fsp3) is 0.333. The molecule has 0 aliphatic rings. The molecular formula is C12H13NO2. The van der Waals surface area contributed by atoms with Crippen molar-refractivity contribution in [1.82, 2.24) is 0 Å². The molecule has 1 aromatic rings. The van der Waals surface area contributed by atoms with Gasteiger partial charge < -0.3 is 4.74 Å². The van der Waals surface area contributed by atoms with E-state index in [-0.39, 0.29) is 18.3 Å². The van der Waals surface area contributed by atoms with Crippen molar-refractivity contribution in [2.45, 2.75) is 13.8 Å². The molecule has 0 aliphatic heterocycles. The molecular weight excluding hydrogens is 190 g/mol. The molecule has 0 aliphatic carbocycles. The van der Waals surface area contributed by atoms with Gasteiger partial charge in [0.25, 0.3) is 0 Å². The van der Waals surface area contributed by atoms with E-state index in [1.165, 1.54) is 0 Å². The molecule has 1 aromatic carbocycles. The zero-order valence-corrected chi connectivity index (χ0v) is 8.86. The number of carbonyl (C=O) groups is 1. The second-order valence-corrected chi connectivity index (χ2v) is 3.49. The van der Waals surface area contributed by atoms with E-state index in [9.17, 15) is 4.79 Å². The van der Waals surface area contributed by atoms with Gasteiger partial charge in [-0.2, -0.15) is 5.26 Å². The molecule has 15 heavy (non-hydrogen) atoms. The summed E-state index contributed by atoms with van der Waals surface area (Å²) >= 11 is 0. The predicted octanol–water partition coefficient (Wildman–Crippen LogP) is 2.43. The highest BCUT2D eigenvalue weighted by atomic mass is 16.5. The first-order chi connectivity index (χ1) is 7.15. The first-order valence-corrected chi connectivity index (χ1v) is 4.79. The lowest BCUT2D eigenvalue weighted by Gasteiger charge is -2.05. The van der Waals surface area contributed by atoms with Crippen LogP contribution in [-0.4, -0.2) is 12.4 Å². The molecule has 0 aromatic heterocycles. The highest BCUT2D eigenvalue weighted by Gasteiger charge is 2.09. The van der Waals surface area contributed by atoms with E-state index in [1.54, 1.807) is 24.3 Å². The van der Waals surface area contributed by atoms with Crippen LogP contribution in [0.5, 0.6) is 5.75 Å². The van der Waals surface area contributed by atoms with Gasteiger partial charge in [-0.25, -0.2) is 0 Å². The number of carbonyl (C=O) groups excluding carboxylic acids is 1. The van der Waals surface area contributed by atoms with Crippen LogP contribution in [0.2, 0.25) is 0 Å². The Morgan fingerprint density at radius 1 is 1.40 bits per heavy atom. The second kappa shape index (κ2) is 5.16. The van der Waals surface area contributed by atoms with Crippen molar-refractivity contribution in [1.29, 1.82) is 5.26 Å². The van der Waals surface area contributed by atoms with Crippen molar-refractivity contribution < 1.29 is 9.53 Å². The number of ether oxygens (including phenoxy) is 1. The third-order valence-electron chi connectivity index (χ3n) is 1.97. The topological polar surface area (TPSA) is 50.1 Å². The van der Waals surface area contributed by atoms with Gasteiger partial charge >= 0.3 is 0 Å². The number of hydrogen-bond acceptors (Lipinski definition) is 3. The molecule has 0 fully saturated rings. The van der Waals surface area contributed by atoms with Gasteiger partial charge in [0.05, 0.1) is 0 Å². The van der Waals surface area contributed by atoms with Crippen LogP contribution in [0.1, 0.15) is 24.2 Å². The lowest BCUT2D eigenvalue weighted by molar-refractivity contribution is 0.0939. The Bertz CT molecular complexity index is 374. The summed E-state index contributed by atoms with van der Waals surface area (Å²) in [5.41, 5.74) is 0.675. The van der Waals surface area contributed by atoms with E-state index in [4.69, 9.17) is 10.00 Å². The highest BCUT2D eigenvalue weighted by Crippen LogP contribution is 2.14. The average Bonchev–Trinajstić information content (AvgIpc) is 2.26. The molecule has 0 bridgehead atoms. The lowest BCUT2D eigenvalue weighted by Crippen LogP contribution is -2.07. The van der Waals surface area contributed by atoms with Gasteiger partial charge in [0.15, 0.2) is 12.4 Å². The molecule has 0 N–H and O–H groups in total. The lowest BCUT2D eigenvalue weighted by atomic mass is 10.0. The molecule has 0 saturated carbocycles. The van der Waals surface area contributed by atoms with Crippen molar-refractivity contribution in [3.05, 3.63) is 29.8 Å². The number of benzene rings is 1. The van der Waals surface area contributed by atoms with Crippen molar-refractivity contribution in [3.8, 4) is 11.8 Å². The maximum absolute atomic E-state index is 11.6. The Hall–Kier alpha value is -1.82. The zero-order chi connectivity index (χ0) is 11.3. The van der Waals surface area contributed by atoms with Gasteiger partial charge in [0.2, 0.25) is 0 Å². The molecule has 78 valence electrons. The number of nitriles is 1. The standard InChI is InChI=1S/C12H13NO2/c1-9(2)12(14)10-3-5-11(6-4-10)15-8-7-13/h3-6,9H,8H2,1-2H3. The Labute approximate surface area is 89.3 Å². The summed E-state index contributed by atoms with van der Waals surface area (Å²) < 4.78 is 5.08. The summed E-state index contributed by atoms with van der Waals surface area (Å²) in [6.45, 7) is 3.75. The van der Waals surface area contributed by atoms with E-state index in [1.807, 2.05) is 19.9 Å². The smallest absolute Gasteiger partial charge is 0.174 e. The van der Waals surface area contributed by atoms with Gasteiger partial charge in [-0.05, 0) is 24.3 Å². The van der Waals surface area contributed by atoms with Crippen LogP contribution < -0.4 is 4.74 Å². The molecule has 3 nitrogen and oxygen atoms in total. The normalized spacial score (nSPS) is 9.73. The summed E-state index contributed by atoms with van der Waals surface area (Å²) in [4.78, 5) is 11.6. The largest absolute Gasteiger partial charge is 0.479 e. The molecule has 0 radical (unpaired) electrons. The minimum absolute atomic E-state index is 0.00382. The van der Waals surface area contributed by atoms with Crippen LogP contribution in [0.4, 0.5) is 0 Å². The van der Waals surface area contributed by atoms with Crippen LogP contribution in [-0.2, 0) is 0 Å². The number of rotatable bonds is 4. The molecule has 0 spiro atoms. The quantitative estimate of drug-likeness (QED) is 0.706. The molecule has 0 unspecified atom stereocenters. The van der Waals surface area contributed by atoms with E-state index < -0.39 is 0 Å². The summed E-state index contributed by atoms with van der Waals surface area (Å²) in [7, 11) is 0. The Kier molecular flexibility index (Phi) is 3.87. The van der Waals surface area contributed by atoms with Gasteiger partial charge in [0.1, 0.15) is 11.8 Å². The highest BCUT2D eigenvalue weighted by molar-refractivity contribution is 5.97. The minimum atomic E-state index is -0.00382. The maximum Gasteiger partial charge on any atom is 0.174 e. The third kappa shape index (κ3) is 3.10. The van der Waals surface area contributed by atoms with E-state index >= 15 is 0 Å². The molecule has 0 saturated heterocycles. The minimum Gasteiger partial charge on any atom is -0.479 e. The van der Waals surface area contributed by atoms with Crippen molar-refractivity contribution >= 4 is 5.78 Å². The van der Waals surface area contributed by atoms with Crippen molar-refractivity contribution in [3.63, 3.8) is 0 Å². The van der Waals surface area contributed by atoms with Crippen LogP contribution in [0.15, 0.2) is 24.3 Å². The summed E-state index contributed by atoms with van der Waals surface area (Å²) in [6, 6.07) is 8.72. The molecule has 0 heterocycles. The summed E-state index contributed by atoms with van der Waals surface area (Å²) in [6.07, 6.45) is 0. The summed E-state index contributed by atoms with van der Waals surface area (Å²) in [5.74, 6) is 0.717. The molecule has 3 heteroatoms. The average molecular weight is 203 g/mol. The third-order valence-corrected chi connectivity index (χ3v) is 1.97. The van der Waals surface area contributed by atoms with Crippen LogP contribution in [0.3, 0.4) is 0 Å². The zero-order valence-electron chi connectivity index (χ0n) is 8.86. The second-order valence-electron chi connectivity index (χ2n) is 3.49. The van der Waals surface area contributed by atoms with Crippen molar-refractivity contribution in [2.75, 3.05) is 6.61 Å². The number of nitrogens with zero attached hydrogens (tertiary/aromatic N) is 1. The predicted molar refractivity (Wildman–Crippen MR) is 56.7 cm³/mol. The molecule has 0 amide bonds. The monoisotopic (exact) mass is 203 g/mol. The summed E-state index contributed by atoms with van der Waals surface area (Å²) in [5, 5.41) is 8.31. The van der Waals surface area contributed by atoms with Gasteiger partial charge in [-0.1, -0.05) is 13.8 Å². The van der Waals surface area contributed by atoms with Crippen LogP contribution >= 0.6 is 0 Å². The molecule has 1 rings (SSSR count). The van der Waals surface area contributed by atoms with Gasteiger partial charge in [-0.3, -0.25) is 4.79 Å². The fourth-order valence-electron chi connectivity index (χ4n) is 1.16. The Morgan fingerprint density at radius 2 is 2.00 bits per heavy atom. The van der Waals surface area contributed by atoms with Crippen LogP contribution in [0.25, 0.3) is 0 Å². The SMILES string of the molecule is CC(C)C(=O)c1ccc(OCC#N)cc1. The fourth-order valence-corrected chi connectivity index (χ4v) is 1.16. The Morgan fingerprint density at radius 3 is 2.47 bits per heavy atom. The van der Waals surface area contributed by atoms with E-state index in [0.29, 0.717) is 11.3 Å². The first-order valence-electron chi connectivity index (χ1n) is 4.79.